The van der Waals surface area contributed by atoms with Crippen molar-refractivity contribution >= 4 is 17.5 Å². The molecule has 1 aromatic rings. The van der Waals surface area contributed by atoms with Crippen LogP contribution in [-0.4, -0.2) is 34.9 Å². The molecule has 0 aliphatic carbocycles. The number of nitro groups is 1. The van der Waals surface area contributed by atoms with E-state index in [9.17, 15) is 18.9 Å². The third-order valence-electron chi connectivity index (χ3n) is 1.61. The van der Waals surface area contributed by atoms with Crippen LogP contribution >= 0.6 is 0 Å². The van der Waals surface area contributed by atoms with Gasteiger partial charge in [-0.3, -0.25) is 10.1 Å². The van der Waals surface area contributed by atoms with Crippen LogP contribution in [0, 0.1) is 10.1 Å². The molecule has 88 valence electrons. The Morgan fingerprint density at radius 3 is 2.81 bits per heavy atom. The van der Waals surface area contributed by atoms with Crippen LogP contribution < -0.4 is 10.6 Å². The van der Waals surface area contributed by atoms with Gasteiger partial charge in [0.25, 0.3) is 6.43 Å². The van der Waals surface area contributed by atoms with Gasteiger partial charge in [-0.05, 0) is 0 Å². The van der Waals surface area contributed by atoms with E-state index in [1.165, 1.54) is 7.05 Å². The summed E-state index contributed by atoms with van der Waals surface area (Å²) in [4.78, 5) is 17.1. The largest absolute Gasteiger partial charge is 0.358 e. The number of hydrogen-bond donors (Lipinski definition) is 2. The summed E-state index contributed by atoms with van der Waals surface area (Å²) >= 11 is 0. The number of nitrogens with one attached hydrogen (secondary N) is 2. The predicted molar refractivity (Wildman–Crippen MR) is 52.7 cm³/mol. The maximum absolute atomic E-state index is 11.9. The van der Waals surface area contributed by atoms with Crippen molar-refractivity contribution in [1.29, 1.82) is 0 Å². The zero-order chi connectivity index (χ0) is 12.1. The normalized spacial score (nSPS) is 10.2. The first-order valence-corrected chi connectivity index (χ1v) is 4.25. The average Bonchev–Trinajstić information content (AvgIpc) is 2.25. The molecule has 16 heavy (non-hydrogen) atoms. The van der Waals surface area contributed by atoms with Gasteiger partial charge in [0, 0.05) is 7.05 Å². The summed E-state index contributed by atoms with van der Waals surface area (Å²) in [6.45, 7) is -0.707. The molecule has 0 aliphatic rings. The molecule has 0 fully saturated rings. The highest BCUT2D eigenvalue weighted by Gasteiger charge is 2.17. The van der Waals surface area contributed by atoms with E-state index in [1.807, 2.05) is 0 Å². The van der Waals surface area contributed by atoms with E-state index in [4.69, 9.17) is 0 Å². The molecule has 0 aliphatic heterocycles. The van der Waals surface area contributed by atoms with Gasteiger partial charge in [0.15, 0.2) is 0 Å². The maximum atomic E-state index is 11.9. The van der Waals surface area contributed by atoms with E-state index in [-0.39, 0.29) is 11.8 Å². The van der Waals surface area contributed by atoms with E-state index in [0.29, 0.717) is 0 Å². The van der Waals surface area contributed by atoms with Crippen LogP contribution in [0.5, 0.6) is 0 Å². The Hall–Kier alpha value is -2.06. The van der Waals surface area contributed by atoms with Gasteiger partial charge < -0.3 is 10.6 Å². The lowest BCUT2D eigenvalue weighted by Gasteiger charge is -2.06. The van der Waals surface area contributed by atoms with Crippen molar-refractivity contribution in [3.05, 3.63) is 16.3 Å². The second-order valence-electron chi connectivity index (χ2n) is 2.71. The van der Waals surface area contributed by atoms with Crippen LogP contribution in [0.25, 0.3) is 0 Å². The Bertz CT molecular complexity index is 387. The van der Waals surface area contributed by atoms with Crippen molar-refractivity contribution in [2.24, 2.45) is 0 Å². The third-order valence-corrected chi connectivity index (χ3v) is 1.61. The highest BCUT2D eigenvalue weighted by atomic mass is 19.3. The SMILES string of the molecule is CNc1ncc([N+](=O)[O-])c(NCC(F)F)n1. The topological polar surface area (TPSA) is 93.0 Å². The van der Waals surface area contributed by atoms with Gasteiger partial charge in [-0.2, -0.15) is 4.98 Å². The summed E-state index contributed by atoms with van der Waals surface area (Å²) in [6, 6.07) is 0. The zero-order valence-electron chi connectivity index (χ0n) is 8.28. The molecule has 9 heteroatoms. The van der Waals surface area contributed by atoms with Crippen LogP contribution in [-0.2, 0) is 0 Å². The lowest BCUT2D eigenvalue weighted by Crippen LogP contribution is -2.13. The molecule has 0 amide bonds. The second kappa shape index (κ2) is 5.14. The van der Waals surface area contributed by atoms with Crippen molar-refractivity contribution in [3.63, 3.8) is 0 Å². The van der Waals surface area contributed by atoms with E-state index in [0.717, 1.165) is 6.20 Å². The maximum Gasteiger partial charge on any atom is 0.329 e. The first kappa shape index (κ1) is 12.0. The Labute approximate surface area is 89.0 Å². The molecular weight excluding hydrogens is 224 g/mol. The number of anilines is 2. The van der Waals surface area contributed by atoms with Crippen molar-refractivity contribution < 1.29 is 13.7 Å². The van der Waals surface area contributed by atoms with Gasteiger partial charge in [-0.15, -0.1) is 0 Å². The molecule has 0 spiro atoms. The zero-order valence-corrected chi connectivity index (χ0v) is 8.28. The molecule has 0 unspecified atom stereocenters. The number of nitrogens with zero attached hydrogens (tertiary/aromatic N) is 3. The number of halogens is 2. The Morgan fingerprint density at radius 1 is 1.62 bits per heavy atom. The van der Waals surface area contributed by atoms with Crippen molar-refractivity contribution in [1.82, 2.24) is 9.97 Å². The third kappa shape index (κ3) is 2.97. The molecule has 0 saturated carbocycles. The Kier molecular flexibility index (Phi) is 3.86. The smallest absolute Gasteiger partial charge is 0.329 e. The lowest BCUT2D eigenvalue weighted by atomic mass is 10.4. The first-order valence-electron chi connectivity index (χ1n) is 4.25. The fourth-order valence-electron chi connectivity index (χ4n) is 0.933. The van der Waals surface area contributed by atoms with Crippen LogP contribution in [0.3, 0.4) is 0 Å². The summed E-state index contributed by atoms with van der Waals surface area (Å²) in [6.07, 6.45) is -1.67. The van der Waals surface area contributed by atoms with Crippen molar-refractivity contribution in [2.75, 3.05) is 24.2 Å². The Morgan fingerprint density at radius 2 is 2.31 bits per heavy atom. The number of aromatic nitrogens is 2. The highest BCUT2D eigenvalue weighted by Crippen LogP contribution is 2.21. The quantitative estimate of drug-likeness (QED) is 0.584. The number of rotatable bonds is 5. The summed E-state index contributed by atoms with van der Waals surface area (Å²) in [5.41, 5.74) is -0.445. The van der Waals surface area contributed by atoms with E-state index >= 15 is 0 Å². The highest BCUT2D eigenvalue weighted by molar-refractivity contribution is 5.56. The number of alkyl halides is 2. The van der Waals surface area contributed by atoms with Crippen LogP contribution in [0.15, 0.2) is 6.20 Å². The van der Waals surface area contributed by atoms with Gasteiger partial charge in [0.1, 0.15) is 6.20 Å². The van der Waals surface area contributed by atoms with Crippen LogP contribution in [0.1, 0.15) is 0 Å². The van der Waals surface area contributed by atoms with Crippen molar-refractivity contribution in [3.8, 4) is 0 Å². The lowest BCUT2D eigenvalue weighted by molar-refractivity contribution is -0.384. The molecule has 7 nitrogen and oxygen atoms in total. The van der Waals surface area contributed by atoms with Gasteiger partial charge in [0.05, 0.1) is 11.5 Å². The average molecular weight is 233 g/mol. The fourth-order valence-corrected chi connectivity index (χ4v) is 0.933. The van der Waals surface area contributed by atoms with Gasteiger partial charge >= 0.3 is 5.69 Å². The predicted octanol–water partition coefficient (Wildman–Crippen LogP) is 1.10. The van der Waals surface area contributed by atoms with Crippen LogP contribution in [0.2, 0.25) is 0 Å². The van der Waals surface area contributed by atoms with Crippen LogP contribution in [0.4, 0.5) is 26.2 Å². The Balaban J connectivity index is 2.96. The molecule has 0 radical (unpaired) electrons. The van der Waals surface area contributed by atoms with E-state index in [1.54, 1.807) is 0 Å². The summed E-state index contributed by atoms with van der Waals surface area (Å²) in [7, 11) is 1.51. The molecule has 1 heterocycles. The van der Waals surface area contributed by atoms with E-state index in [2.05, 4.69) is 20.6 Å². The molecule has 1 aromatic heterocycles. The number of hydrogen-bond acceptors (Lipinski definition) is 6. The molecule has 0 saturated heterocycles. The molecular formula is C7H9F2N5O2. The molecule has 0 bridgehead atoms. The standard InChI is InChI=1S/C7H9F2N5O2/c1-10-7-12-2-4(14(15)16)6(13-7)11-3-5(8)9/h2,5H,3H2,1H3,(H2,10,11,12,13). The molecule has 1 rings (SSSR count). The van der Waals surface area contributed by atoms with E-state index < -0.39 is 23.6 Å². The molecule has 0 aromatic carbocycles. The van der Waals surface area contributed by atoms with Crippen molar-refractivity contribution in [2.45, 2.75) is 6.43 Å². The minimum atomic E-state index is -2.62. The minimum absolute atomic E-state index is 0.113. The summed E-state index contributed by atoms with van der Waals surface area (Å²) < 4.78 is 23.9. The second-order valence-corrected chi connectivity index (χ2v) is 2.71. The monoisotopic (exact) mass is 233 g/mol. The minimum Gasteiger partial charge on any atom is -0.358 e. The molecule has 2 N–H and O–H groups in total. The fraction of sp³-hybridized carbons (Fsp3) is 0.429. The first-order chi connectivity index (χ1) is 7.54. The van der Waals surface area contributed by atoms with Gasteiger partial charge in [-0.25, -0.2) is 13.8 Å². The molecule has 0 atom stereocenters. The van der Waals surface area contributed by atoms with Gasteiger partial charge in [-0.1, -0.05) is 0 Å². The summed E-state index contributed by atoms with van der Waals surface area (Å²) in [5.74, 6) is -0.119. The summed E-state index contributed by atoms with van der Waals surface area (Å²) in [5, 5.41) is 15.3. The van der Waals surface area contributed by atoms with Gasteiger partial charge in [0.2, 0.25) is 11.8 Å².